The van der Waals surface area contributed by atoms with Gasteiger partial charge in [-0.2, -0.15) is 11.8 Å². The van der Waals surface area contributed by atoms with Crippen molar-refractivity contribution in [2.45, 2.75) is 76.4 Å². The van der Waals surface area contributed by atoms with E-state index in [2.05, 4.69) is 26.1 Å². The molecule has 5 aromatic rings. The first-order valence-corrected chi connectivity index (χ1v) is 29.0. The fourth-order valence-electron chi connectivity index (χ4n) is 7.92. The molecule has 18 nitrogen and oxygen atoms in total. The molecule has 0 aliphatic carbocycles. The predicted octanol–water partition coefficient (Wildman–Crippen LogP) is 8.28. The van der Waals surface area contributed by atoms with Gasteiger partial charge >= 0.3 is 18.2 Å². The summed E-state index contributed by atoms with van der Waals surface area (Å²) in [4.78, 5) is 80.8. The molecule has 0 saturated carbocycles. The standard InChI is InChI=1S/C54H60N6O12S4/c1-52(2,3)70-50(64)55-27-28-73-29-30-76(66,67)34-36-32-74-47-43(46(62)60(47)44(36)48(63)69-31-35-23-25-40(68-7)26-24-35)57-45(61)42(41-33-75-49(56-41)58-51(65)71-53(4,5)6)59-72-54(37-17-11-8-12-18-37,38-19-13-9-14-20-38)39-21-15-10-16-22-39/h8-26,33,43,47H,27-32,34H2,1-7H3,(H,55,64)(H,57,61)(H,56,58,65)/b59-42-/t43?,47-/m1/s1. The summed E-state index contributed by atoms with van der Waals surface area (Å²) in [7, 11) is -2.33. The predicted molar refractivity (Wildman–Crippen MR) is 294 cm³/mol. The Bertz CT molecular complexity index is 2940. The number of anilines is 1. The van der Waals surface area contributed by atoms with E-state index in [0.29, 0.717) is 33.8 Å². The maximum absolute atomic E-state index is 14.9. The summed E-state index contributed by atoms with van der Waals surface area (Å²) < 4.78 is 49.1. The normalized spacial score (nSPS) is 15.9. The number of fused-ring (bicyclic) bond motifs is 1. The number of hydrogen-bond donors (Lipinski definition) is 3. The molecule has 3 N–H and O–H groups in total. The van der Waals surface area contributed by atoms with Crippen molar-refractivity contribution in [2.24, 2.45) is 5.16 Å². The smallest absolute Gasteiger partial charge is 0.413 e. The van der Waals surface area contributed by atoms with Crippen LogP contribution in [0.5, 0.6) is 5.75 Å². The van der Waals surface area contributed by atoms with Crippen molar-refractivity contribution in [1.29, 1.82) is 0 Å². The van der Waals surface area contributed by atoms with Gasteiger partial charge in [0.2, 0.25) is 5.60 Å². The number of sulfone groups is 1. The largest absolute Gasteiger partial charge is 0.497 e. The summed E-state index contributed by atoms with van der Waals surface area (Å²) in [6.07, 6.45) is -1.35. The summed E-state index contributed by atoms with van der Waals surface area (Å²) >= 11 is 3.49. The first kappa shape index (κ1) is 56.8. The fourth-order valence-corrected chi connectivity index (χ4v) is 12.9. The number of methoxy groups -OCH3 is 1. The van der Waals surface area contributed by atoms with Crippen LogP contribution in [-0.4, -0.2) is 119 Å². The molecule has 1 saturated heterocycles. The van der Waals surface area contributed by atoms with Crippen LogP contribution < -0.4 is 20.7 Å². The van der Waals surface area contributed by atoms with Crippen molar-refractivity contribution in [3.63, 3.8) is 0 Å². The van der Waals surface area contributed by atoms with Gasteiger partial charge in [-0.15, -0.1) is 23.1 Å². The Morgan fingerprint density at radius 2 is 1.38 bits per heavy atom. The molecule has 4 amide bonds. The molecule has 4 aromatic carbocycles. The van der Waals surface area contributed by atoms with Crippen LogP contribution in [0.2, 0.25) is 0 Å². The Labute approximate surface area is 454 Å². The molecule has 76 heavy (non-hydrogen) atoms. The number of thioether (sulfide) groups is 2. The third kappa shape index (κ3) is 14.7. The van der Waals surface area contributed by atoms with Crippen molar-refractivity contribution < 1.29 is 56.2 Å². The third-order valence-electron chi connectivity index (χ3n) is 11.3. The number of benzene rings is 4. The number of carbonyl (C=O) groups is 5. The summed E-state index contributed by atoms with van der Waals surface area (Å²) in [5.41, 5.74) is -0.713. The first-order chi connectivity index (χ1) is 36.2. The van der Waals surface area contributed by atoms with Crippen molar-refractivity contribution in [1.82, 2.24) is 20.5 Å². The number of rotatable bonds is 21. The second kappa shape index (κ2) is 24.9. The number of thiazole rings is 1. The molecule has 402 valence electrons. The molecular formula is C54H60N6O12S4. The topological polar surface area (TPSA) is 230 Å². The molecular weight excluding hydrogens is 1050 g/mol. The van der Waals surface area contributed by atoms with Gasteiger partial charge in [-0.1, -0.05) is 108 Å². The highest BCUT2D eigenvalue weighted by molar-refractivity contribution is 8.01. The van der Waals surface area contributed by atoms with E-state index >= 15 is 0 Å². The Hall–Kier alpha value is -6.88. The molecule has 2 aliphatic rings. The average Bonchev–Trinajstić information content (AvgIpc) is 3.85. The number of hydrogen-bond acceptors (Lipinski definition) is 17. The van der Waals surface area contributed by atoms with Crippen LogP contribution in [0.1, 0.15) is 69.5 Å². The molecule has 0 radical (unpaired) electrons. The lowest BCUT2D eigenvalue weighted by Gasteiger charge is -2.49. The molecule has 1 aromatic heterocycles. The van der Waals surface area contributed by atoms with E-state index in [9.17, 15) is 32.4 Å². The van der Waals surface area contributed by atoms with Gasteiger partial charge in [-0.3, -0.25) is 19.8 Å². The fraction of sp³-hybridized carbons (Fsp3) is 0.352. The molecule has 2 aliphatic heterocycles. The maximum Gasteiger partial charge on any atom is 0.413 e. The number of nitrogens with zero attached hydrogens (tertiary/aromatic N) is 3. The van der Waals surface area contributed by atoms with Gasteiger partial charge in [0, 0.05) is 45.9 Å². The zero-order valence-electron chi connectivity index (χ0n) is 43.0. The van der Waals surface area contributed by atoms with Crippen molar-refractivity contribution in [3.8, 4) is 5.75 Å². The number of amides is 4. The van der Waals surface area contributed by atoms with Gasteiger partial charge < -0.3 is 34.4 Å². The van der Waals surface area contributed by atoms with E-state index in [1.54, 1.807) is 65.8 Å². The minimum atomic E-state index is -3.86. The van der Waals surface area contributed by atoms with E-state index in [-0.39, 0.29) is 58.2 Å². The minimum absolute atomic E-state index is 0.00352. The highest BCUT2D eigenvalue weighted by Crippen LogP contribution is 2.43. The monoisotopic (exact) mass is 1110 g/mol. The molecule has 0 spiro atoms. The second-order valence-electron chi connectivity index (χ2n) is 19.3. The van der Waals surface area contributed by atoms with Gasteiger partial charge in [0.1, 0.15) is 46.4 Å². The van der Waals surface area contributed by atoms with Crippen LogP contribution in [0, 0.1) is 0 Å². The lowest BCUT2D eigenvalue weighted by molar-refractivity contribution is -0.153. The molecule has 1 fully saturated rings. The number of nitrogens with one attached hydrogen (secondary N) is 3. The third-order valence-corrected chi connectivity index (χ3v) is 16.2. The average molecular weight is 1110 g/mol. The van der Waals surface area contributed by atoms with Gasteiger partial charge in [-0.05, 0) is 64.8 Å². The van der Waals surface area contributed by atoms with Crippen LogP contribution in [-0.2, 0) is 55.5 Å². The van der Waals surface area contributed by atoms with Crippen molar-refractivity contribution in [3.05, 3.63) is 160 Å². The lowest BCUT2D eigenvalue weighted by atomic mass is 9.80. The van der Waals surface area contributed by atoms with Gasteiger partial charge in [-0.25, -0.2) is 27.8 Å². The number of β-lactam (4-membered cyclic amide) rings is 1. The van der Waals surface area contributed by atoms with Crippen molar-refractivity contribution >= 4 is 85.5 Å². The summed E-state index contributed by atoms with van der Waals surface area (Å²) in [6.45, 7) is 10.5. The zero-order chi connectivity index (χ0) is 54.7. The summed E-state index contributed by atoms with van der Waals surface area (Å²) in [5.74, 6) is -2.09. The Morgan fingerprint density at radius 1 is 0.803 bits per heavy atom. The highest BCUT2D eigenvalue weighted by atomic mass is 32.2. The highest BCUT2D eigenvalue weighted by Gasteiger charge is 2.55. The number of aromatic nitrogens is 1. The Kier molecular flexibility index (Phi) is 18.6. The van der Waals surface area contributed by atoms with E-state index in [4.69, 9.17) is 23.8 Å². The maximum atomic E-state index is 14.9. The van der Waals surface area contributed by atoms with E-state index < -0.39 is 73.8 Å². The summed E-state index contributed by atoms with van der Waals surface area (Å²) in [6, 6.07) is 33.6. The first-order valence-electron chi connectivity index (χ1n) is 24.1. The van der Waals surface area contributed by atoms with Crippen LogP contribution in [0.25, 0.3) is 0 Å². The SMILES string of the molecule is COc1ccc(COC(=O)C2=C(CS(=O)(=O)CCSCCNC(=O)OC(C)(C)C)CS[C@@H]3C(NC(=O)/C(=N\OC(c4ccccc4)(c4ccccc4)c4ccccc4)c4csc(NC(=O)OC(C)(C)C)n4)C(=O)N23)cc1. The minimum Gasteiger partial charge on any atom is -0.497 e. The Morgan fingerprint density at radius 3 is 1.95 bits per heavy atom. The van der Waals surface area contributed by atoms with Crippen LogP contribution in [0.3, 0.4) is 0 Å². The molecule has 7 rings (SSSR count). The number of carbonyl (C=O) groups excluding carboxylic acids is 5. The Balaban J connectivity index is 1.17. The second-order valence-corrected chi connectivity index (χ2v) is 24.7. The molecule has 2 atom stereocenters. The van der Waals surface area contributed by atoms with Gasteiger partial charge in [0.05, 0.1) is 18.6 Å². The van der Waals surface area contributed by atoms with E-state index in [1.165, 1.54) is 40.9 Å². The van der Waals surface area contributed by atoms with Crippen LogP contribution >= 0.6 is 34.9 Å². The number of oxime groups is 1. The van der Waals surface area contributed by atoms with Crippen LogP contribution in [0.4, 0.5) is 14.7 Å². The number of esters is 1. The van der Waals surface area contributed by atoms with Gasteiger partial charge in [0.25, 0.3) is 11.8 Å². The zero-order valence-corrected chi connectivity index (χ0v) is 46.3. The van der Waals surface area contributed by atoms with Crippen LogP contribution in [0.15, 0.2) is 137 Å². The van der Waals surface area contributed by atoms with Crippen molar-refractivity contribution in [2.75, 3.05) is 47.7 Å². The van der Waals surface area contributed by atoms with E-state index in [0.717, 1.165) is 11.3 Å². The molecule has 22 heteroatoms. The van der Waals surface area contributed by atoms with E-state index in [1.807, 2.05) is 91.0 Å². The number of alkyl carbamates (subject to hydrolysis) is 1. The molecule has 0 bridgehead atoms. The molecule has 1 unspecified atom stereocenters. The van der Waals surface area contributed by atoms with Gasteiger partial charge in [0.15, 0.2) is 20.7 Å². The molecule has 3 heterocycles. The summed E-state index contributed by atoms with van der Waals surface area (Å²) in [5, 5.41) is 13.4. The quantitative estimate of drug-likeness (QED) is 0.0119. The lowest BCUT2D eigenvalue weighted by Crippen LogP contribution is -2.71. The number of ether oxygens (including phenoxy) is 4.